The van der Waals surface area contributed by atoms with Gasteiger partial charge in [0.2, 0.25) is 0 Å². The summed E-state index contributed by atoms with van der Waals surface area (Å²) in [7, 11) is 1.37. The van der Waals surface area contributed by atoms with Crippen LogP contribution >= 0.6 is 15.9 Å². The summed E-state index contributed by atoms with van der Waals surface area (Å²) in [5.41, 5.74) is 8.00. The molecule has 1 N–H and O–H groups in total. The highest BCUT2D eigenvalue weighted by Gasteiger charge is 2.43. The summed E-state index contributed by atoms with van der Waals surface area (Å²) in [6.45, 7) is 5.93. The molecule has 0 saturated carbocycles. The van der Waals surface area contributed by atoms with E-state index in [1.54, 1.807) is 0 Å². The van der Waals surface area contributed by atoms with Gasteiger partial charge in [-0.15, -0.1) is 0 Å². The van der Waals surface area contributed by atoms with Gasteiger partial charge in [0, 0.05) is 43.9 Å². The van der Waals surface area contributed by atoms with Crippen molar-refractivity contribution in [2.45, 2.75) is 26.7 Å². The van der Waals surface area contributed by atoms with Gasteiger partial charge >= 0.3 is 5.97 Å². The molecule has 0 amide bonds. The second-order valence-electron chi connectivity index (χ2n) is 8.39. The number of ketones is 1. The Morgan fingerprint density at radius 3 is 2.36 bits per heavy atom. The first-order valence-corrected chi connectivity index (χ1v) is 11.5. The third-order valence-electron chi connectivity index (χ3n) is 6.52. The minimum absolute atomic E-state index is 0.0551. The predicted octanol–water partition coefficient (Wildman–Crippen LogP) is 5.60. The molecule has 3 aromatic rings. The molecule has 6 heteroatoms. The van der Waals surface area contributed by atoms with E-state index in [0.717, 1.165) is 38.4 Å². The first kappa shape index (κ1) is 21.5. The number of esters is 1. The van der Waals surface area contributed by atoms with Gasteiger partial charge < -0.3 is 14.6 Å². The van der Waals surface area contributed by atoms with Crippen LogP contribution in [0, 0.1) is 13.8 Å². The lowest BCUT2D eigenvalue weighted by atomic mass is 9.79. The maximum absolute atomic E-state index is 13.6. The van der Waals surface area contributed by atoms with E-state index < -0.39 is 11.9 Å². The molecular formula is C27H23BrN2O3. The molecule has 0 saturated heterocycles. The molecule has 0 unspecified atom stereocenters. The van der Waals surface area contributed by atoms with Gasteiger partial charge in [0.25, 0.3) is 0 Å². The number of nitrogens with zero attached hydrogens (tertiary/aromatic N) is 1. The highest BCUT2D eigenvalue weighted by Crippen LogP contribution is 2.48. The van der Waals surface area contributed by atoms with Crippen molar-refractivity contribution in [3.63, 3.8) is 0 Å². The van der Waals surface area contributed by atoms with Gasteiger partial charge in [-0.2, -0.15) is 0 Å². The number of allylic oxidation sites excluding steroid dienone is 2. The third-order valence-corrected chi connectivity index (χ3v) is 7.05. The van der Waals surface area contributed by atoms with E-state index in [9.17, 15) is 9.59 Å². The van der Waals surface area contributed by atoms with Gasteiger partial charge in [0.15, 0.2) is 5.78 Å². The number of hydrogen-bond donors (Lipinski definition) is 1. The Balaban J connectivity index is 1.75. The number of carbonyl (C=O) groups excluding carboxylic acids is 2. The Morgan fingerprint density at radius 1 is 1.03 bits per heavy atom. The van der Waals surface area contributed by atoms with Crippen molar-refractivity contribution in [1.29, 1.82) is 0 Å². The Hall–Kier alpha value is -3.38. The first-order chi connectivity index (χ1) is 15.8. The van der Waals surface area contributed by atoms with E-state index in [4.69, 9.17) is 4.74 Å². The summed E-state index contributed by atoms with van der Waals surface area (Å²) >= 11 is 3.50. The average Bonchev–Trinajstić information content (AvgIpc) is 3.26. The van der Waals surface area contributed by atoms with Crippen LogP contribution in [0.15, 0.2) is 75.9 Å². The van der Waals surface area contributed by atoms with E-state index in [2.05, 4.69) is 31.9 Å². The molecule has 1 aromatic heterocycles. The summed E-state index contributed by atoms with van der Waals surface area (Å²) in [5, 5.41) is 3.33. The van der Waals surface area contributed by atoms with E-state index in [1.165, 1.54) is 7.11 Å². The summed E-state index contributed by atoms with van der Waals surface area (Å²) in [4.78, 5) is 26.6. The van der Waals surface area contributed by atoms with Crippen LogP contribution in [0.1, 0.15) is 45.7 Å². The largest absolute Gasteiger partial charge is 0.466 e. The molecule has 1 aliphatic carbocycles. The number of fused-ring (bicyclic) bond motifs is 2. The Labute approximate surface area is 200 Å². The standard InChI is InChI=1S/C27H23BrN2O3/c1-14-13-21(16(3)30(14)18-11-9-17(28)10-12-18)23-22(27(32)33-4)15(2)29-25-19-7-5-6-8-20(19)26(31)24(23)25/h5-13,23,29H,1-4H3/t23-/m0/s1. The van der Waals surface area contributed by atoms with Crippen LogP contribution in [-0.4, -0.2) is 23.4 Å². The lowest BCUT2D eigenvalue weighted by Crippen LogP contribution is -2.29. The fourth-order valence-electron chi connectivity index (χ4n) is 5.09. The molecular weight excluding hydrogens is 480 g/mol. The quantitative estimate of drug-likeness (QED) is 0.473. The number of nitrogens with one attached hydrogen (secondary N) is 1. The number of ether oxygens (including phenoxy) is 1. The van der Waals surface area contributed by atoms with Crippen LogP contribution in [0.4, 0.5) is 0 Å². The molecule has 2 aromatic carbocycles. The van der Waals surface area contributed by atoms with Crippen molar-refractivity contribution in [3.8, 4) is 5.69 Å². The summed E-state index contributed by atoms with van der Waals surface area (Å²) in [5.74, 6) is -1.02. The number of Topliss-reactive ketones (excluding diaryl/α,β-unsaturated/α-hetero) is 1. The topological polar surface area (TPSA) is 60.3 Å². The van der Waals surface area contributed by atoms with Gasteiger partial charge in [-0.05, 0) is 56.7 Å². The van der Waals surface area contributed by atoms with E-state index in [0.29, 0.717) is 22.4 Å². The molecule has 0 radical (unpaired) electrons. The normalized spacial score (nSPS) is 17.1. The van der Waals surface area contributed by atoms with Crippen molar-refractivity contribution >= 4 is 33.4 Å². The Bertz CT molecular complexity index is 1390. The second kappa shape index (κ2) is 7.89. The van der Waals surface area contributed by atoms with Gasteiger partial charge in [-0.25, -0.2) is 4.79 Å². The van der Waals surface area contributed by atoms with Crippen LogP contribution in [0.5, 0.6) is 0 Å². The number of aromatic nitrogens is 1. The Morgan fingerprint density at radius 2 is 1.70 bits per heavy atom. The lowest BCUT2D eigenvalue weighted by molar-refractivity contribution is -0.136. The fourth-order valence-corrected chi connectivity index (χ4v) is 5.35. The highest BCUT2D eigenvalue weighted by molar-refractivity contribution is 9.10. The molecule has 2 heterocycles. The molecule has 166 valence electrons. The van der Waals surface area contributed by atoms with Crippen LogP contribution in [0.25, 0.3) is 11.4 Å². The van der Waals surface area contributed by atoms with Crippen molar-refractivity contribution in [3.05, 3.63) is 104 Å². The van der Waals surface area contributed by atoms with Crippen LogP contribution in [-0.2, 0) is 9.53 Å². The van der Waals surface area contributed by atoms with Gasteiger partial charge in [-0.3, -0.25) is 4.79 Å². The minimum Gasteiger partial charge on any atom is -0.466 e. The number of benzene rings is 2. The monoisotopic (exact) mass is 502 g/mol. The minimum atomic E-state index is -0.524. The maximum Gasteiger partial charge on any atom is 0.336 e. The van der Waals surface area contributed by atoms with Crippen LogP contribution < -0.4 is 5.32 Å². The van der Waals surface area contributed by atoms with Gasteiger partial charge in [0.1, 0.15) is 0 Å². The second-order valence-corrected chi connectivity index (χ2v) is 9.31. The molecule has 5 nitrogen and oxygen atoms in total. The number of aryl methyl sites for hydroxylation is 1. The SMILES string of the molecule is COC(=O)C1=C(C)NC2=C(C(=O)c3ccccc32)[C@H]1c1cc(C)n(-c2ccc(Br)cc2)c1C. The zero-order chi connectivity index (χ0) is 23.4. The maximum atomic E-state index is 13.6. The van der Waals surface area contributed by atoms with Gasteiger partial charge in [0.05, 0.1) is 24.3 Å². The zero-order valence-corrected chi connectivity index (χ0v) is 20.4. The van der Waals surface area contributed by atoms with Crippen molar-refractivity contribution in [2.24, 2.45) is 0 Å². The van der Waals surface area contributed by atoms with E-state index in [1.807, 2.05) is 69.3 Å². The molecule has 0 bridgehead atoms. The summed E-state index contributed by atoms with van der Waals surface area (Å²) in [6, 6.07) is 17.7. The highest BCUT2D eigenvalue weighted by atomic mass is 79.9. The van der Waals surface area contributed by atoms with Crippen molar-refractivity contribution in [1.82, 2.24) is 9.88 Å². The number of rotatable bonds is 3. The van der Waals surface area contributed by atoms with E-state index in [-0.39, 0.29) is 5.78 Å². The molecule has 33 heavy (non-hydrogen) atoms. The average molecular weight is 503 g/mol. The smallest absolute Gasteiger partial charge is 0.336 e. The summed E-state index contributed by atoms with van der Waals surface area (Å²) < 4.78 is 8.32. The lowest BCUT2D eigenvalue weighted by Gasteiger charge is -2.29. The molecule has 1 aliphatic heterocycles. The van der Waals surface area contributed by atoms with Crippen LogP contribution in [0.2, 0.25) is 0 Å². The van der Waals surface area contributed by atoms with E-state index >= 15 is 0 Å². The molecule has 0 spiro atoms. The zero-order valence-electron chi connectivity index (χ0n) is 18.8. The van der Waals surface area contributed by atoms with Crippen LogP contribution in [0.3, 0.4) is 0 Å². The predicted molar refractivity (Wildman–Crippen MR) is 131 cm³/mol. The van der Waals surface area contributed by atoms with Crippen molar-refractivity contribution < 1.29 is 14.3 Å². The van der Waals surface area contributed by atoms with Crippen molar-refractivity contribution in [2.75, 3.05) is 7.11 Å². The number of halogens is 1. The Kier molecular flexibility index (Phi) is 5.13. The summed E-state index contributed by atoms with van der Waals surface area (Å²) in [6.07, 6.45) is 0. The number of methoxy groups -OCH3 is 1. The molecule has 2 aliphatic rings. The molecule has 1 atom stereocenters. The molecule has 0 fully saturated rings. The first-order valence-electron chi connectivity index (χ1n) is 10.7. The van der Waals surface area contributed by atoms with Gasteiger partial charge in [-0.1, -0.05) is 40.2 Å². The number of carbonyl (C=O) groups is 2. The fraction of sp³-hybridized carbons (Fsp3) is 0.185. The number of hydrogen-bond acceptors (Lipinski definition) is 4. The third kappa shape index (κ3) is 3.20. The molecule has 5 rings (SSSR count). The number of dihydropyridines is 1.